The molecule has 1 aliphatic rings. The Morgan fingerprint density at radius 1 is 1.38 bits per heavy atom. The molecule has 134 valence electrons. The highest BCUT2D eigenvalue weighted by Gasteiger charge is 2.33. The third kappa shape index (κ3) is 4.87. The monoisotopic (exact) mass is 365 g/mol. The Labute approximate surface area is 144 Å². The molecular weight excluding hydrogens is 347 g/mol. The number of carboxylic acid groups (broad SMARTS) is 1. The van der Waals surface area contributed by atoms with E-state index in [-0.39, 0.29) is 31.3 Å². The van der Waals surface area contributed by atoms with E-state index in [0.29, 0.717) is 18.5 Å². The van der Waals surface area contributed by atoms with Gasteiger partial charge < -0.3 is 10.0 Å². The van der Waals surface area contributed by atoms with Gasteiger partial charge in [-0.3, -0.25) is 9.59 Å². The molecule has 1 heterocycles. The lowest BCUT2D eigenvalue weighted by atomic mass is 9.98. The lowest BCUT2D eigenvalue weighted by Gasteiger charge is -2.21. The van der Waals surface area contributed by atoms with Gasteiger partial charge >= 0.3 is 12.1 Å². The molecule has 1 aromatic rings. The normalized spacial score (nSPS) is 18.8. The number of hydrogen-bond acceptors (Lipinski definition) is 2. The highest BCUT2D eigenvalue weighted by atomic mass is 35.5. The van der Waals surface area contributed by atoms with Crippen molar-refractivity contribution in [2.75, 3.05) is 13.1 Å². The number of alkyl halides is 3. The Balaban J connectivity index is 0.00000288. The second-order valence-corrected chi connectivity index (χ2v) is 5.91. The smallest absolute Gasteiger partial charge is 0.416 e. The van der Waals surface area contributed by atoms with Gasteiger partial charge in [-0.25, -0.2) is 0 Å². The number of nitrogens with zero attached hydrogens (tertiary/aromatic N) is 1. The molecule has 2 atom stereocenters. The molecule has 0 spiro atoms. The topological polar surface area (TPSA) is 57.6 Å². The third-order valence-corrected chi connectivity index (χ3v) is 4.07. The van der Waals surface area contributed by atoms with E-state index in [4.69, 9.17) is 5.11 Å². The summed E-state index contributed by atoms with van der Waals surface area (Å²) in [7, 11) is 0. The van der Waals surface area contributed by atoms with E-state index in [1.807, 2.05) is 0 Å². The maximum Gasteiger partial charge on any atom is 0.416 e. The van der Waals surface area contributed by atoms with Crippen LogP contribution in [0.2, 0.25) is 0 Å². The van der Waals surface area contributed by atoms with Crippen molar-refractivity contribution in [3.8, 4) is 0 Å². The van der Waals surface area contributed by atoms with Gasteiger partial charge in [0.05, 0.1) is 11.5 Å². The minimum Gasteiger partial charge on any atom is -0.481 e. The molecule has 0 radical (unpaired) electrons. The number of carbonyl (C=O) groups is 2. The third-order valence-electron chi connectivity index (χ3n) is 4.07. The van der Waals surface area contributed by atoms with Crippen molar-refractivity contribution in [1.82, 2.24) is 4.90 Å². The molecule has 2 rings (SSSR count). The van der Waals surface area contributed by atoms with Crippen LogP contribution in [0.1, 0.15) is 24.5 Å². The molecule has 1 N–H and O–H groups in total. The second kappa shape index (κ2) is 7.88. The van der Waals surface area contributed by atoms with Gasteiger partial charge in [0.2, 0.25) is 5.91 Å². The molecule has 1 aromatic carbocycles. The van der Waals surface area contributed by atoms with Gasteiger partial charge in [-0.05, 0) is 24.5 Å². The van der Waals surface area contributed by atoms with Crippen molar-refractivity contribution in [3.63, 3.8) is 0 Å². The molecular formula is C16H19ClF3NO3. The number of rotatable bonds is 4. The van der Waals surface area contributed by atoms with Crippen LogP contribution in [0, 0.1) is 11.8 Å². The highest BCUT2D eigenvalue weighted by Crippen LogP contribution is 2.30. The predicted molar refractivity (Wildman–Crippen MR) is 83.9 cm³/mol. The van der Waals surface area contributed by atoms with Crippen molar-refractivity contribution >= 4 is 24.3 Å². The summed E-state index contributed by atoms with van der Waals surface area (Å²) in [5.41, 5.74) is -0.295. The maximum atomic E-state index is 12.7. The number of benzene rings is 1. The number of halogens is 4. The summed E-state index contributed by atoms with van der Waals surface area (Å²) in [4.78, 5) is 24.7. The van der Waals surface area contributed by atoms with E-state index in [1.165, 1.54) is 11.0 Å². The summed E-state index contributed by atoms with van der Waals surface area (Å²) in [5, 5.41) is 8.95. The molecule has 24 heavy (non-hydrogen) atoms. The van der Waals surface area contributed by atoms with Gasteiger partial charge in [-0.15, -0.1) is 12.4 Å². The Morgan fingerprint density at radius 2 is 2.04 bits per heavy atom. The molecule has 1 aliphatic heterocycles. The van der Waals surface area contributed by atoms with Crippen LogP contribution < -0.4 is 0 Å². The standard InChI is InChI=1S/C16H18F3NO3.ClH/c1-10(14(21)20-6-5-12(9-20)15(22)23)7-11-3-2-4-13(8-11)16(17,18)19;/h2-4,8,10,12H,5-7,9H2,1H3,(H,22,23);1H. The summed E-state index contributed by atoms with van der Waals surface area (Å²) in [5.74, 6) is -2.19. The van der Waals surface area contributed by atoms with E-state index in [0.717, 1.165) is 12.1 Å². The number of aliphatic carboxylic acids is 1. The fraction of sp³-hybridized carbons (Fsp3) is 0.500. The molecule has 8 heteroatoms. The summed E-state index contributed by atoms with van der Waals surface area (Å²) in [6, 6.07) is 4.93. The van der Waals surface area contributed by atoms with E-state index in [2.05, 4.69) is 0 Å². The molecule has 0 bridgehead atoms. The molecule has 1 saturated heterocycles. The Morgan fingerprint density at radius 3 is 2.58 bits per heavy atom. The van der Waals surface area contributed by atoms with Crippen molar-refractivity contribution < 1.29 is 27.9 Å². The fourth-order valence-electron chi connectivity index (χ4n) is 2.79. The summed E-state index contributed by atoms with van der Waals surface area (Å²) in [6.07, 6.45) is -3.80. The maximum absolute atomic E-state index is 12.7. The van der Waals surface area contributed by atoms with Crippen LogP contribution in [0.25, 0.3) is 0 Å². The Kier molecular flexibility index (Phi) is 6.66. The second-order valence-electron chi connectivity index (χ2n) is 5.91. The first-order valence-corrected chi connectivity index (χ1v) is 7.36. The average Bonchev–Trinajstić information content (AvgIpc) is 2.95. The van der Waals surface area contributed by atoms with Crippen LogP contribution in [0.15, 0.2) is 24.3 Å². The van der Waals surface area contributed by atoms with E-state index < -0.39 is 29.5 Å². The molecule has 0 aliphatic carbocycles. The lowest BCUT2D eigenvalue weighted by molar-refractivity contribution is -0.141. The van der Waals surface area contributed by atoms with E-state index in [9.17, 15) is 22.8 Å². The first kappa shape index (κ1) is 20.3. The van der Waals surface area contributed by atoms with Crippen LogP contribution in [-0.4, -0.2) is 35.0 Å². The molecule has 4 nitrogen and oxygen atoms in total. The first-order valence-electron chi connectivity index (χ1n) is 7.36. The van der Waals surface area contributed by atoms with Crippen LogP contribution in [0.4, 0.5) is 13.2 Å². The van der Waals surface area contributed by atoms with Gasteiger partial charge in [0, 0.05) is 19.0 Å². The quantitative estimate of drug-likeness (QED) is 0.891. The van der Waals surface area contributed by atoms with E-state index >= 15 is 0 Å². The number of carbonyl (C=O) groups excluding carboxylic acids is 1. The zero-order chi connectivity index (χ0) is 17.2. The zero-order valence-electron chi connectivity index (χ0n) is 13.0. The number of likely N-dealkylation sites (tertiary alicyclic amines) is 1. The first-order chi connectivity index (χ1) is 10.7. The van der Waals surface area contributed by atoms with Crippen molar-refractivity contribution in [3.05, 3.63) is 35.4 Å². The van der Waals surface area contributed by atoms with Crippen LogP contribution in [0.3, 0.4) is 0 Å². The molecule has 0 saturated carbocycles. The van der Waals surface area contributed by atoms with Gasteiger partial charge in [0.25, 0.3) is 0 Å². The Bertz CT molecular complexity index is 606. The number of hydrogen-bond donors (Lipinski definition) is 1. The van der Waals surface area contributed by atoms with Crippen LogP contribution in [-0.2, 0) is 22.2 Å². The highest BCUT2D eigenvalue weighted by molar-refractivity contribution is 5.85. The van der Waals surface area contributed by atoms with Gasteiger partial charge in [-0.2, -0.15) is 13.2 Å². The van der Waals surface area contributed by atoms with Gasteiger partial charge in [0.15, 0.2) is 0 Å². The largest absolute Gasteiger partial charge is 0.481 e. The molecule has 2 unspecified atom stereocenters. The summed E-state index contributed by atoms with van der Waals surface area (Å²) >= 11 is 0. The lowest BCUT2D eigenvalue weighted by Crippen LogP contribution is -2.34. The molecule has 1 amide bonds. The molecule has 1 fully saturated rings. The molecule has 0 aromatic heterocycles. The zero-order valence-corrected chi connectivity index (χ0v) is 13.9. The minimum absolute atomic E-state index is 0. The average molecular weight is 366 g/mol. The van der Waals surface area contributed by atoms with Crippen molar-refractivity contribution in [2.45, 2.75) is 25.9 Å². The van der Waals surface area contributed by atoms with Crippen molar-refractivity contribution in [1.29, 1.82) is 0 Å². The number of amides is 1. The van der Waals surface area contributed by atoms with Crippen molar-refractivity contribution in [2.24, 2.45) is 11.8 Å². The predicted octanol–water partition coefficient (Wildman–Crippen LogP) is 3.24. The minimum atomic E-state index is -4.41. The van der Waals surface area contributed by atoms with Crippen LogP contribution in [0.5, 0.6) is 0 Å². The Hall–Kier alpha value is -1.76. The SMILES string of the molecule is CC(Cc1cccc(C(F)(F)F)c1)C(=O)N1CCC(C(=O)O)C1.Cl. The fourth-order valence-corrected chi connectivity index (χ4v) is 2.79. The number of carboxylic acids is 1. The van der Waals surface area contributed by atoms with Crippen LogP contribution >= 0.6 is 12.4 Å². The van der Waals surface area contributed by atoms with Gasteiger partial charge in [0.1, 0.15) is 0 Å². The van der Waals surface area contributed by atoms with Gasteiger partial charge in [-0.1, -0.05) is 25.1 Å². The summed E-state index contributed by atoms with van der Waals surface area (Å²) in [6.45, 7) is 2.19. The van der Waals surface area contributed by atoms with E-state index in [1.54, 1.807) is 13.0 Å². The summed E-state index contributed by atoms with van der Waals surface area (Å²) < 4.78 is 38.1.